The van der Waals surface area contributed by atoms with E-state index in [2.05, 4.69) is 5.10 Å². The van der Waals surface area contributed by atoms with Crippen molar-refractivity contribution in [1.29, 1.82) is 0 Å². The van der Waals surface area contributed by atoms with Crippen LogP contribution in [0.3, 0.4) is 0 Å². The molecule has 1 saturated heterocycles. The Morgan fingerprint density at radius 1 is 0.968 bits per heavy atom. The number of hydrogen-bond donors (Lipinski definition) is 0. The van der Waals surface area contributed by atoms with Crippen LogP contribution in [0.1, 0.15) is 47.2 Å². The zero-order chi connectivity index (χ0) is 22.0. The van der Waals surface area contributed by atoms with Gasteiger partial charge in [0.25, 0.3) is 5.91 Å². The third-order valence-corrected chi connectivity index (χ3v) is 6.08. The van der Waals surface area contributed by atoms with Gasteiger partial charge in [-0.1, -0.05) is 42.5 Å². The minimum atomic E-state index is -0.131. The summed E-state index contributed by atoms with van der Waals surface area (Å²) >= 11 is 0. The lowest BCUT2D eigenvalue weighted by atomic mass is 9.88. The SMILES string of the molecule is Cc1ccc(C)c(N2N=C(C(=O)N3CCC(C(=O)c4ccccc4)CC3)CCC2=O)c1. The molecule has 0 unspecified atom stereocenters. The number of anilines is 1. The van der Waals surface area contributed by atoms with Gasteiger partial charge < -0.3 is 4.90 Å². The maximum atomic E-state index is 13.1. The van der Waals surface area contributed by atoms with Crippen LogP contribution in [0.2, 0.25) is 0 Å². The molecule has 0 spiro atoms. The second kappa shape index (κ2) is 8.84. The number of piperidine rings is 1. The van der Waals surface area contributed by atoms with E-state index in [1.165, 1.54) is 5.01 Å². The molecule has 6 nitrogen and oxygen atoms in total. The number of nitrogens with zero attached hydrogens (tertiary/aromatic N) is 3. The average molecular weight is 418 g/mol. The van der Waals surface area contributed by atoms with Crippen molar-refractivity contribution in [2.75, 3.05) is 18.1 Å². The minimum Gasteiger partial charge on any atom is -0.337 e. The Labute approximate surface area is 182 Å². The van der Waals surface area contributed by atoms with E-state index in [1.54, 1.807) is 4.90 Å². The number of aryl methyl sites for hydroxylation is 2. The van der Waals surface area contributed by atoms with Crippen LogP contribution in [0.25, 0.3) is 0 Å². The Hall–Kier alpha value is -3.28. The Morgan fingerprint density at radius 3 is 2.39 bits per heavy atom. The smallest absolute Gasteiger partial charge is 0.270 e. The molecule has 2 heterocycles. The van der Waals surface area contributed by atoms with Gasteiger partial charge in [0.05, 0.1) is 5.69 Å². The monoisotopic (exact) mass is 417 g/mol. The summed E-state index contributed by atoms with van der Waals surface area (Å²) in [6.07, 6.45) is 1.90. The van der Waals surface area contributed by atoms with Gasteiger partial charge in [-0.05, 0) is 43.9 Å². The van der Waals surface area contributed by atoms with E-state index in [4.69, 9.17) is 0 Å². The zero-order valence-corrected chi connectivity index (χ0v) is 18.0. The highest BCUT2D eigenvalue weighted by molar-refractivity contribution is 6.40. The maximum Gasteiger partial charge on any atom is 0.270 e. The van der Waals surface area contributed by atoms with E-state index < -0.39 is 0 Å². The summed E-state index contributed by atoms with van der Waals surface area (Å²) in [4.78, 5) is 40.1. The molecular formula is C25H27N3O3. The van der Waals surface area contributed by atoms with Crippen LogP contribution < -0.4 is 5.01 Å². The molecular weight excluding hydrogens is 390 g/mol. The van der Waals surface area contributed by atoms with Crippen LogP contribution in [0.5, 0.6) is 0 Å². The van der Waals surface area contributed by atoms with Crippen molar-refractivity contribution in [2.45, 2.75) is 39.5 Å². The number of likely N-dealkylation sites (tertiary alicyclic amines) is 1. The predicted molar refractivity (Wildman–Crippen MR) is 120 cm³/mol. The molecule has 4 rings (SSSR count). The zero-order valence-electron chi connectivity index (χ0n) is 18.0. The predicted octanol–water partition coefficient (Wildman–Crippen LogP) is 3.91. The molecule has 6 heteroatoms. The molecule has 0 atom stereocenters. The summed E-state index contributed by atoms with van der Waals surface area (Å²) in [5, 5.41) is 5.83. The normalized spacial score (nSPS) is 17.5. The van der Waals surface area contributed by atoms with Crippen molar-refractivity contribution < 1.29 is 14.4 Å². The van der Waals surface area contributed by atoms with Crippen molar-refractivity contribution in [3.63, 3.8) is 0 Å². The largest absolute Gasteiger partial charge is 0.337 e. The lowest BCUT2D eigenvalue weighted by Gasteiger charge is -2.33. The maximum absolute atomic E-state index is 13.1. The molecule has 2 aliphatic heterocycles. The Kier molecular flexibility index (Phi) is 5.98. The number of Topliss-reactive ketones (excluding diaryl/α,β-unsaturated/α-hetero) is 1. The van der Waals surface area contributed by atoms with Crippen molar-refractivity contribution in [3.8, 4) is 0 Å². The third-order valence-electron chi connectivity index (χ3n) is 6.08. The molecule has 0 bridgehead atoms. The molecule has 0 saturated carbocycles. The molecule has 0 aromatic heterocycles. The number of hydrogen-bond acceptors (Lipinski definition) is 4. The number of carbonyl (C=O) groups is 3. The molecule has 2 aromatic carbocycles. The fourth-order valence-corrected chi connectivity index (χ4v) is 4.21. The second-order valence-corrected chi connectivity index (χ2v) is 8.34. The number of ketones is 1. The van der Waals surface area contributed by atoms with Gasteiger partial charge in [0.15, 0.2) is 5.78 Å². The first kappa shape index (κ1) is 21.0. The van der Waals surface area contributed by atoms with Crippen LogP contribution in [-0.4, -0.2) is 41.3 Å². The van der Waals surface area contributed by atoms with Gasteiger partial charge in [0, 0.05) is 37.4 Å². The fraction of sp³-hybridized carbons (Fsp3) is 0.360. The highest BCUT2D eigenvalue weighted by atomic mass is 16.2. The van der Waals surface area contributed by atoms with Crippen LogP contribution >= 0.6 is 0 Å². The van der Waals surface area contributed by atoms with Crippen LogP contribution in [0, 0.1) is 19.8 Å². The minimum absolute atomic E-state index is 0.0623. The lowest BCUT2D eigenvalue weighted by molar-refractivity contribution is -0.125. The van der Waals surface area contributed by atoms with Gasteiger partial charge in [-0.2, -0.15) is 5.10 Å². The Morgan fingerprint density at radius 2 is 1.68 bits per heavy atom. The van der Waals surface area contributed by atoms with Gasteiger partial charge >= 0.3 is 0 Å². The second-order valence-electron chi connectivity index (χ2n) is 8.34. The highest BCUT2D eigenvalue weighted by Crippen LogP contribution is 2.27. The van der Waals surface area contributed by atoms with E-state index in [0.29, 0.717) is 38.1 Å². The van der Waals surface area contributed by atoms with E-state index in [9.17, 15) is 14.4 Å². The molecule has 0 radical (unpaired) electrons. The van der Waals surface area contributed by atoms with Gasteiger partial charge in [-0.25, -0.2) is 5.01 Å². The quantitative estimate of drug-likeness (QED) is 0.709. The number of rotatable bonds is 4. The van der Waals surface area contributed by atoms with Gasteiger partial charge in [0.1, 0.15) is 5.71 Å². The molecule has 31 heavy (non-hydrogen) atoms. The Bertz CT molecular complexity index is 1040. The van der Waals surface area contributed by atoms with Crippen LogP contribution in [-0.2, 0) is 9.59 Å². The standard InChI is InChI=1S/C25H27N3O3/c1-17-8-9-18(2)22(16-17)28-23(29)11-10-21(26-28)25(31)27-14-12-20(13-15-27)24(30)19-6-4-3-5-7-19/h3-9,16,20H,10-15H2,1-2H3. The molecule has 2 amide bonds. The summed E-state index contributed by atoms with van der Waals surface area (Å²) < 4.78 is 0. The highest BCUT2D eigenvalue weighted by Gasteiger charge is 2.32. The van der Waals surface area contributed by atoms with Crippen molar-refractivity contribution in [1.82, 2.24) is 4.90 Å². The van der Waals surface area contributed by atoms with Crippen molar-refractivity contribution in [3.05, 3.63) is 65.2 Å². The van der Waals surface area contributed by atoms with Gasteiger partial charge in [-0.3, -0.25) is 14.4 Å². The topological polar surface area (TPSA) is 70.1 Å². The van der Waals surface area contributed by atoms with E-state index in [0.717, 1.165) is 22.4 Å². The van der Waals surface area contributed by atoms with Crippen LogP contribution in [0.15, 0.2) is 53.6 Å². The first-order valence-corrected chi connectivity index (χ1v) is 10.8. The van der Waals surface area contributed by atoms with E-state index >= 15 is 0 Å². The van der Waals surface area contributed by atoms with Crippen LogP contribution in [0.4, 0.5) is 5.69 Å². The molecule has 2 aliphatic rings. The molecule has 1 fully saturated rings. The first-order valence-electron chi connectivity index (χ1n) is 10.8. The van der Waals surface area contributed by atoms with Crippen molar-refractivity contribution >= 4 is 29.0 Å². The molecule has 0 aliphatic carbocycles. The number of benzene rings is 2. The summed E-state index contributed by atoms with van der Waals surface area (Å²) in [6.45, 7) is 4.95. The Balaban J connectivity index is 1.45. The number of hydrazone groups is 1. The summed E-state index contributed by atoms with van der Waals surface area (Å²) in [5.74, 6) is -0.145. The van der Waals surface area contributed by atoms with E-state index in [-0.39, 0.29) is 29.9 Å². The fourth-order valence-electron chi connectivity index (χ4n) is 4.21. The molecule has 2 aromatic rings. The average Bonchev–Trinajstić information content (AvgIpc) is 2.81. The lowest BCUT2D eigenvalue weighted by Crippen LogP contribution is -2.45. The molecule has 0 N–H and O–H groups in total. The first-order chi connectivity index (χ1) is 14.9. The number of amides is 2. The van der Waals surface area contributed by atoms with Gasteiger partial charge in [0.2, 0.25) is 5.91 Å². The summed E-state index contributed by atoms with van der Waals surface area (Å²) in [5.41, 5.74) is 3.84. The summed E-state index contributed by atoms with van der Waals surface area (Å²) in [7, 11) is 0. The number of carbonyl (C=O) groups excluding carboxylic acids is 3. The molecule has 160 valence electrons. The van der Waals surface area contributed by atoms with E-state index in [1.807, 2.05) is 62.4 Å². The summed E-state index contributed by atoms with van der Waals surface area (Å²) in [6, 6.07) is 15.2. The van der Waals surface area contributed by atoms with Gasteiger partial charge in [-0.15, -0.1) is 0 Å². The van der Waals surface area contributed by atoms with Crippen molar-refractivity contribution in [2.24, 2.45) is 11.0 Å². The third kappa shape index (κ3) is 4.43.